The van der Waals surface area contributed by atoms with Crippen LogP contribution < -0.4 is 5.73 Å². The van der Waals surface area contributed by atoms with Crippen LogP contribution in [0.2, 0.25) is 0 Å². The highest BCUT2D eigenvalue weighted by Gasteiger charge is 2.35. The topological polar surface area (TPSA) is 64.2 Å². The number of hydrogen-bond donors (Lipinski definition) is 1. The van der Waals surface area contributed by atoms with Gasteiger partial charge in [-0.1, -0.05) is 20.8 Å². The zero-order valence-electron chi connectivity index (χ0n) is 15.1. The number of hydrogen-bond acceptors (Lipinski definition) is 3. The van der Waals surface area contributed by atoms with Crippen LogP contribution in [0.15, 0.2) is 6.20 Å². The summed E-state index contributed by atoms with van der Waals surface area (Å²) in [5.41, 5.74) is 8.92. The minimum absolute atomic E-state index is 0. The molecule has 1 saturated heterocycles. The molecule has 0 bridgehead atoms. The fraction of sp³-hybridized carbons (Fsp3) is 0.778. The third-order valence-corrected chi connectivity index (χ3v) is 5.13. The van der Waals surface area contributed by atoms with E-state index >= 15 is 0 Å². The Hall–Kier alpha value is -1.07. The van der Waals surface area contributed by atoms with Crippen molar-refractivity contribution in [2.75, 3.05) is 13.1 Å². The summed E-state index contributed by atoms with van der Waals surface area (Å²) < 4.78 is 2.07. The normalized spacial score (nSPS) is 23.8. The molecule has 0 spiro atoms. The maximum Gasteiger partial charge on any atom is 0.227 e. The van der Waals surface area contributed by atoms with Gasteiger partial charge in [0, 0.05) is 36.9 Å². The highest BCUT2D eigenvalue weighted by Crippen LogP contribution is 2.30. The van der Waals surface area contributed by atoms with Crippen molar-refractivity contribution in [2.24, 2.45) is 17.1 Å². The third-order valence-electron chi connectivity index (χ3n) is 5.13. The molecule has 2 atom stereocenters. The number of rotatable bonds is 3. The summed E-state index contributed by atoms with van der Waals surface area (Å²) >= 11 is 0. The first-order valence-corrected chi connectivity index (χ1v) is 8.90. The molecule has 1 aromatic rings. The number of halogens is 1. The molecule has 3 heterocycles. The molecule has 6 heteroatoms. The Morgan fingerprint density at radius 2 is 2.08 bits per heavy atom. The van der Waals surface area contributed by atoms with Crippen LogP contribution in [0, 0.1) is 11.3 Å². The van der Waals surface area contributed by atoms with E-state index in [1.54, 1.807) is 0 Å². The fourth-order valence-corrected chi connectivity index (χ4v) is 4.01. The van der Waals surface area contributed by atoms with E-state index in [9.17, 15) is 4.79 Å². The number of likely N-dealkylation sites (tertiary alicyclic amines) is 1. The minimum atomic E-state index is 0. The van der Waals surface area contributed by atoms with E-state index in [4.69, 9.17) is 5.73 Å². The lowest BCUT2D eigenvalue weighted by Gasteiger charge is -2.24. The molecule has 0 aromatic carbocycles. The maximum atomic E-state index is 12.7. The number of carbonyl (C=O) groups is 1. The highest BCUT2D eigenvalue weighted by atomic mass is 35.5. The lowest BCUT2D eigenvalue weighted by atomic mass is 9.83. The van der Waals surface area contributed by atoms with Crippen molar-refractivity contribution in [3.63, 3.8) is 0 Å². The zero-order valence-corrected chi connectivity index (χ0v) is 15.9. The lowest BCUT2D eigenvalue weighted by molar-refractivity contribution is -0.129. The second kappa shape index (κ2) is 7.44. The molecule has 2 aliphatic rings. The van der Waals surface area contributed by atoms with Gasteiger partial charge in [-0.3, -0.25) is 9.48 Å². The van der Waals surface area contributed by atoms with Gasteiger partial charge in [0.1, 0.15) is 0 Å². The fourth-order valence-electron chi connectivity index (χ4n) is 4.01. The van der Waals surface area contributed by atoms with Gasteiger partial charge in [-0.05, 0) is 37.0 Å². The summed E-state index contributed by atoms with van der Waals surface area (Å²) in [7, 11) is 0. The summed E-state index contributed by atoms with van der Waals surface area (Å²) in [5, 5.41) is 4.44. The van der Waals surface area contributed by atoms with Crippen molar-refractivity contribution in [3.8, 4) is 0 Å². The van der Waals surface area contributed by atoms with Gasteiger partial charge < -0.3 is 10.6 Å². The molecule has 0 saturated carbocycles. The number of carbonyl (C=O) groups excluding carboxylic acids is 1. The largest absolute Gasteiger partial charge is 0.341 e. The molecule has 2 aliphatic heterocycles. The van der Waals surface area contributed by atoms with Gasteiger partial charge in [0.15, 0.2) is 0 Å². The van der Waals surface area contributed by atoms with Gasteiger partial charge >= 0.3 is 0 Å². The smallest absolute Gasteiger partial charge is 0.227 e. The monoisotopic (exact) mass is 354 g/mol. The molecule has 3 rings (SSSR count). The first-order valence-electron chi connectivity index (χ1n) is 8.90. The average Bonchev–Trinajstić information content (AvgIpc) is 3.03. The van der Waals surface area contributed by atoms with Crippen molar-refractivity contribution >= 4 is 18.3 Å². The van der Waals surface area contributed by atoms with Gasteiger partial charge in [-0.2, -0.15) is 5.10 Å². The summed E-state index contributed by atoms with van der Waals surface area (Å²) in [6.45, 7) is 9.21. The van der Waals surface area contributed by atoms with E-state index in [0.29, 0.717) is 18.9 Å². The van der Waals surface area contributed by atoms with Gasteiger partial charge in [-0.25, -0.2) is 0 Å². The maximum absolute atomic E-state index is 12.7. The van der Waals surface area contributed by atoms with Crippen LogP contribution in [-0.2, 0) is 24.2 Å². The second-order valence-electron chi connectivity index (χ2n) is 8.46. The quantitative estimate of drug-likeness (QED) is 0.906. The number of fused-ring (bicyclic) bond motifs is 1. The Morgan fingerprint density at radius 1 is 1.33 bits per heavy atom. The molecule has 1 fully saturated rings. The lowest BCUT2D eigenvalue weighted by Crippen LogP contribution is -2.33. The molecular formula is C18H31ClN4O. The van der Waals surface area contributed by atoms with Crippen LogP contribution in [0.25, 0.3) is 0 Å². The molecule has 2 N–H and O–H groups in total. The molecule has 0 unspecified atom stereocenters. The third kappa shape index (κ3) is 4.31. The number of amides is 1. The van der Waals surface area contributed by atoms with Gasteiger partial charge in [0.2, 0.25) is 5.91 Å². The molecule has 0 aliphatic carbocycles. The SMILES string of the molecule is CC(C)(C)C[C@@H]1CN(C(=O)Cc2cnn3c2CCCC3)C[C@H]1N.Cl. The van der Waals surface area contributed by atoms with E-state index in [1.807, 2.05) is 11.1 Å². The van der Waals surface area contributed by atoms with Crippen LogP contribution >= 0.6 is 12.4 Å². The predicted molar refractivity (Wildman–Crippen MR) is 98.2 cm³/mol. The summed E-state index contributed by atoms with van der Waals surface area (Å²) in [6, 6.07) is 0.110. The molecular weight excluding hydrogens is 324 g/mol. The average molecular weight is 355 g/mol. The molecule has 5 nitrogen and oxygen atoms in total. The van der Waals surface area contributed by atoms with E-state index < -0.39 is 0 Å². The van der Waals surface area contributed by atoms with Crippen LogP contribution in [0.4, 0.5) is 0 Å². The summed E-state index contributed by atoms with van der Waals surface area (Å²) in [6.07, 6.45) is 6.88. The van der Waals surface area contributed by atoms with E-state index in [-0.39, 0.29) is 29.8 Å². The Kier molecular flexibility index (Phi) is 5.97. The van der Waals surface area contributed by atoms with Crippen molar-refractivity contribution in [1.29, 1.82) is 0 Å². The second-order valence-corrected chi connectivity index (χ2v) is 8.46. The van der Waals surface area contributed by atoms with Crippen molar-refractivity contribution in [3.05, 3.63) is 17.5 Å². The highest BCUT2D eigenvalue weighted by molar-refractivity contribution is 5.85. The molecule has 1 aromatic heterocycles. The van der Waals surface area contributed by atoms with Gasteiger partial charge in [-0.15, -0.1) is 12.4 Å². The Morgan fingerprint density at radius 3 is 2.79 bits per heavy atom. The first kappa shape index (κ1) is 19.3. The van der Waals surface area contributed by atoms with Crippen molar-refractivity contribution in [1.82, 2.24) is 14.7 Å². The van der Waals surface area contributed by atoms with E-state index in [1.165, 1.54) is 18.5 Å². The number of nitrogens with zero attached hydrogens (tertiary/aromatic N) is 3. The Balaban J connectivity index is 0.00000208. The molecule has 136 valence electrons. The molecule has 24 heavy (non-hydrogen) atoms. The van der Waals surface area contributed by atoms with Crippen LogP contribution in [0.3, 0.4) is 0 Å². The van der Waals surface area contributed by atoms with Crippen LogP contribution in [0.1, 0.15) is 51.3 Å². The number of aromatic nitrogens is 2. The minimum Gasteiger partial charge on any atom is -0.341 e. The van der Waals surface area contributed by atoms with Crippen molar-refractivity contribution in [2.45, 2.75) is 65.5 Å². The van der Waals surface area contributed by atoms with Gasteiger partial charge in [0.25, 0.3) is 0 Å². The van der Waals surface area contributed by atoms with Crippen molar-refractivity contribution < 1.29 is 4.79 Å². The zero-order chi connectivity index (χ0) is 16.6. The summed E-state index contributed by atoms with van der Waals surface area (Å²) in [5.74, 6) is 0.623. The number of aryl methyl sites for hydroxylation is 1. The Labute approximate surface area is 151 Å². The summed E-state index contributed by atoms with van der Waals surface area (Å²) in [4.78, 5) is 14.7. The van der Waals surface area contributed by atoms with Crippen LogP contribution in [-0.4, -0.2) is 39.7 Å². The van der Waals surface area contributed by atoms with Gasteiger partial charge in [0.05, 0.1) is 12.6 Å². The van der Waals surface area contributed by atoms with Crippen LogP contribution in [0.5, 0.6) is 0 Å². The number of nitrogens with two attached hydrogens (primary N) is 1. The molecule has 0 radical (unpaired) electrons. The predicted octanol–water partition coefficient (Wildman–Crippen LogP) is 2.41. The van der Waals surface area contributed by atoms with E-state index in [2.05, 4.69) is 30.6 Å². The van der Waals surface area contributed by atoms with E-state index in [0.717, 1.165) is 31.5 Å². The molecule has 1 amide bonds. The Bertz CT molecular complexity index is 578. The first-order chi connectivity index (χ1) is 10.8. The standard InChI is InChI=1S/C18H30N4O.ClH/c1-18(2,3)9-14-11-21(12-15(14)19)17(23)8-13-10-20-22-7-5-4-6-16(13)22;/h10,14-15H,4-9,11-12,19H2,1-3H3;1H/t14-,15-;/m1./s1.